The normalized spacial score (nSPS) is 10.3. The van der Waals surface area contributed by atoms with E-state index < -0.39 is 0 Å². The van der Waals surface area contributed by atoms with Crippen LogP contribution in [0.1, 0.15) is 11.3 Å². The molecule has 106 valence electrons. The molecule has 0 atom stereocenters. The fraction of sp³-hybridized carbons (Fsp3) is 0.312. The summed E-state index contributed by atoms with van der Waals surface area (Å²) in [5.74, 6) is 1.75. The molecule has 2 aromatic rings. The Morgan fingerprint density at radius 1 is 1.05 bits per heavy atom. The minimum absolute atomic E-state index is 0.571. The number of aromatic nitrogens is 1. The summed E-state index contributed by atoms with van der Waals surface area (Å²) < 4.78 is 10.5. The molecule has 4 heteroatoms. The molecule has 20 heavy (non-hydrogen) atoms. The predicted molar refractivity (Wildman–Crippen MR) is 80.1 cm³/mol. The molecule has 1 aromatic carbocycles. The van der Waals surface area contributed by atoms with Crippen molar-refractivity contribution in [3.63, 3.8) is 0 Å². The van der Waals surface area contributed by atoms with Gasteiger partial charge in [-0.15, -0.1) is 0 Å². The number of pyridine rings is 1. The van der Waals surface area contributed by atoms with Crippen LogP contribution in [0.5, 0.6) is 5.75 Å². The van der Waals surface area contributed by atoms with Gasteiger partial charge in [0.05, 0.1) is 6.61 Å². The van der Waals surface area contributed by atoms with E-state index in [1.165, 1.54) is 5.56 Å². The van der Waals surface area contributed by atoms with Crippen LogP contribution in [0.4, 0.5) is 5.82 Å². The van der Waals surface area contributed by atoms with Gasteiger partial charge in [-0.2, -0.15) is 0 Å². The summed E-state index contributed by atoms with van der Waals surface area (Å²) in [5, 5.41) is 3.30. The summed E-state index contributed by atoms with van der Waals surface area (Å²) >= 11 is 0. The maximum absolute atomic E-state index is 5.52. The number of hydrogen-bond donors (Lipinski definition) is 1. The smallest absolute Gasteiger partial charge is 0.126 e. The third kappa shape index (κ3) is 4.55. The summed E-state index contributed by atoms with van der Waals surface area (Å²) in [4.78, 5) is 4.41. The number of ether oxygens (including phenoxy) is 2. The first-order chi connectivity index (χ1) is 9.78. The van der Waals surface area contributed by atoms with Gasteiger partial charge in [0.25, 0.3) is 0 Å². The second-order valence-corrected chi connectivity index (χ2v) is 4.50. The highest BCUT2D eigenvalue weighted by Gasteiger charge is 1.97. The zero-order chi connectivity index (χ0) is 14.2. The van der Waals surface area contributed by atoms with Gasteiger partial charge in [0, 0.05) is 19.3 Å². The lowest BCUT2D eigenvalue weighted by Gasteiger charge is -2.08. The van der Waals surface area contributed by atoms with E-state index in [0.717, 1.165) is 23.8 Å². The topological polar surface area (TPSA) is 43.4 Å². The van der Waals surface area contributed by atoms with Crippen molar-refractivity contribution >= 4 is 5.82 Å². The van der Waals surface area contributed by atoms with Crippen LogP contribution in [-0.2, 0) is 11.3 Å². The van der Waals surface area contributed by atoms with E-state index in [2.05, 4.69) is 10.3 Å². The highest BCUT2D eigenvalue weighted by molar-refractivity contribution is 5.37. The van der Waals surface area contributed by atoms with Crippen LogP contribution in [0.15, 0.2) is 42.5 Å². The van der Waals surface area contributed by atoms with Crippen LogP contribution in [0.25, 0.3) is 0 Å². The molecule has 1 N–H and O–H groups in total. The second-order valence-electron chi connectivity index (χ2n) is 4.50. The predicted octanol–water partition coefficient (Wildman–Crippen LogP) is 3.03. The third-order valence-corrected chi connectivity index (χ3v) is 2.84. The van der Waals surface area contributed by atoms with E-state index in [4.69, 9.17) is 9.47 Å². The fourth-order valence-electron chi connectivity index (χ4n) is 1.78. The van der Waals surface area contributed by atoms with Crippen LogP contribution in [0, 0.1) is 6.92 Å². The quantitative estimate of drug-likeness (QED) is 0.787. The maximum Gasteiger partial charge on any atom is 0.126 e. The van der Waals surface area contributed by atoms with Crippen molar-refractivity contribution in [2.24, 2.45) is 0 Å². The average Bonchev–Trinajstić information content (AvgIpc) is 2.47. The molecule has 1 aromatic heterocycles. The lowest BCUT2D eigenvalue weighted by Crippen LogP contribution is -2.04. The zero-order valence-corrected chi connectivity index (χ0v) is 11.9. The van der Waals surface area contributed by atoms with Crippen molar-refractivity contribution in [3.8, 4) is 5.75 Å². The minimum atomic E-state index is 0.571. The van der Waals surface area contributed by atoms with Crippen LogP contribution in [0.3, 0.4) is 0 Å². The van der Waals surface area contributed by atoms with Gasteiger partial charge in [0.2, 0.25) is 0 Å². The van der Waals surface area contributed by atoms with Gasteiger partial charge >= 0.3 is 0 Å². The van der Waals surface area contributed by atoms with Crippen LogP contribution < -0.4 is 10.1 Å². The molecular weight excluding hydrogens is 252 g/mol. The number of aryl methyl sites for hydroxylation is 1. The van der Waals surface area contributed by atoms with E-state index in [1.807, 2.05) is 49.4 Å². The molecular formula is C16H20N2O2. The highest BCUT2D eigenvalue weighted by Crippen LogP contribution is 2.13. The first-order valence-corrected chi connectivity index (χ1v) is 6.66. The SMILES string of the molecule is COCCOc1ccc(CNc2cccc(C)n2)cc1. The zero-order valence-electron chi connectivity index (χ0n) is 11.9. The van der Waals surface area contributed by atoms with Crippen molar-refractivity contribution in [1.29, 1.82) is 0 Å². The van der Waals surface area contributed by atoms with Crippen LogP contribution in [-0.4, -0.2) is 25.3 Å². The molecule has 0 unspecified atom stereocenters. The van der Waals surface area contributed by atoms with Crippen molar-refractivity contribution in [2.45, 2.75) is 13.5 Å². The maximum atomic E-state index is 5.52. The van der Waals surface area contributed by atoms with Gasteiger partial charge in [0.1, 0.15) is 18.2 Å². The van der Waals surface area contributed by atoms with Crippen LogP contribution in [0.2, 0.25) is 0 Å². The van der Waals surface area contributed by atoms with Gasteiger partial charge in [-0.3, -0.25) is 0 Å². The number of anilines is 1. The monoisotopic (exact) mass is 272 g/mol. The Morgan fingerprint density at radius 3 is 2.55 bits per heavy atom. The summed E-state index contributed by atoms with van der Waals surface area (Å²) in [6.07, 6.45) is 0. The molecule has 0 saturated heterocycles. The van der Waals surface area contributed by atoms with E-state index >= 15 is 0 Å². The van der Waals surface area contributed by atoms with Gasteiger partial charge < -0.3 is 14.8 Å². The molecule has 0 spiro atoms. The number of hydrogen-bond acceptors (Lipinski definition) is 4. The molecule has 2 rings (SSSR count). The number of nitrogens with zero attached hydrogens (tertiary/aromatic N) is 1. The van der Waals surface area contributed by atoms with Gasteiger partial charge in [-0.25, -0.2) is 4.98 Å². The highest BCUT2D eigenvalue weighted by atomic mass is 16.5. The Kier molecular flexibility index (Phi) is 5.38. The number of nitrogens with one attached hydrogen (secondary N) is 1. The van der Waals surface area contributed by atoms with Crippen LogP contribution >= 0.6 is 0 Å². The molecule has 0 saturated carbocycles. The Labute approximate surface area is 119 Å². The molecule has 0 aliphatic heterocycles. The summed E-state index contributed by atoms with van der Waals surface area (Å²) in [6.45, 7) is 3.90. The van der Waals surface area contributed by atoms with E-state index in [1.54, 1.807) is 7.11 Å². The van der Waals surface area contributed by atoms with E-state index in [0.29, 0.717) is 13.2 Å². The number of rotatable bonds is 7. The number of methoxy groups -OCH3 is 1. The largest absolute Gasteiger partial charge is 0.491 e. The average molecular weight is 272 g/mol. The first kappa shape index (κ1) is 14.3. The Morgan fingerprint density at radius 2 is 1.85 bits per heavy atom. The molecule has 1 heterocycles. The molecule has 0 aliphatic rings. The van der Waals surface area contributed by atoms with Crippen molar-refractivity contribution in [3.05, 3.63) is 53.7 Å². The van der Waals surface area contributed by atoms with Crippen molar-refractivity contribution in [1.82, 2.24) is 4.98 Å². The van der Waals surface area contributed by atoms with Gasteiger partial charge in [-0.05, 0) is 36.8 Å². The Balaban J connectivity index is 1.84. The lowest BCUT2D eigenvalue weighted by atomic mass is 10.2. The van der Waals surface area contributed by atoms with Crippen molar-refractivity contribution in [2.75, 3.05) is 25.6 Å². The molecule has 4 nitrogen and oxygen atoms in total. The summed E-state index contributed by atoms with van der Waals surface area (Å²) in [7, 11) is 1.66. The van der Waals surface area contributed by atoms with Gasteiger partial charge in [0.15, 0.2) is 0 Å². The van der Waals surface area contributed by atoms with E-state index in [-0.39, 0.29) is 0 Å². The Hall–Kier alpha value is -2.07. The molecule has 0 radical (unpaired) electrons. The molecule has 0 amide bonds. The minimum Gasteiger partial charge on any atom is -0.491 e. The molecule has 0 fully saturated rings. The Bertz CT molecular complexity index is 526. The standard InChI is InChI=1S/C16H20N2O2/c1-13-4-3-5-16(18-13)17-12-14-6-8-15(9-7-14)20-11-10-19-2/h3-9H,10-12H2,1-2H3,(H,17,18). The molecule has 0 bridgehead atoms. The van der Waals surface area contributed by atoms with Crippen molar-refractivity contribution < 1.29 is 9.47 Å². The second kappa shape index (κ2) is 7.50. The summed E-state index contributed by atoms with van der Waals surface area (Å²) in [6, 6.07) is 14.0. The van der Waals surface area contributed by atoms with E-state index in [9.17, 15) is 0 Å². The first-order valence-electron chi connectivity index (χ1n) is 6.66. The fourth-order valence-corrected chi connectivity index (χ4v) is 1.78. The number of benzene rings is 1. The molecule has 0 aliphatic carbocycles. The lowest BCUT2D eigenvalue weighted by molar-refractivity contribution is 0.146. The third-order valence-electron chi connectivity index (χ3n) is 2.84. The summed E-state index contributed by atoms with van der Waals surface area (Å²) in [5.41, 5.74) is 2.20. The van der Waals surface area contributed by atoms with Gasteiger partial charge in [-0.1, -0.05) is 18.2 Å².